The maximum absolute atomic E-state index is 10.0. The molecule has 1 aliphatic heterocycles. The summed E-state index contributed by atoms with van der Waals surface area (Å²) in [6.07, 6.45) is 7.31. The van der Waals surface area contributed by atoms with Crippen molar-refractivity contribution in [2.45, 2.75) is 50.0 Å². The van der Waals surface area contributed by atoms with Crippen LogP contribution in [0.4, 0.5) is 0 Å². The zero-order valence-corrected chi connectivity index (χ0v) is 11.4. The lowest BCUT2D eigenvalue weighted by Gasteiger charge is -2.55. The number of fused-ring (bicyclic) bond motifs is 1. The van der Waals surface area contributed by atoms with Crippen molar-refractivity contribution >= 4 is 0 Å². The fraction of sp³-hybridized carbons (Fsp3) is 0.647. The largest absolute Gasteiger partial charge is 0.396 e. The normalized spacial score (nSPS) is 40.4. The first-order chi connectivity index (χ1) is 9.31. The lowest BCUT2D eigenvalue weighted by atomic mass is 9.52. The Kier molecular flexibility index (Phi) is 2.55. The molecule has 0 aromatic heterocycles. The molecule has 1 saturated heterocycles. The molecule has 2 fully saturated rings. The first-order valence-corrected chi connectivity index (χ1v) is 7.64. The van der Waals surface area contributed by atoms with E-state index < -0.39 is 0 Å². The molecule has 1 N–H and O–H groups in total. The molecule has 0 bridgehead atoms. The minimum atomic E-state index is -0.0750. The Morgan fingerprint density at radius 3 is 2.89 bits per heavy atom. The predicted molar refractivity (Wildman–Crippen MR) is 74.2 cm³/mol. The molecule has 0 spiro atoms. The smallest absolute Gasteiger partial charge is 0.0832 e. The maximum Gasteiger partial charge on any atom is 0.0832 e. The van der Waals surface area contributed by atoms with Crippen molar-refractivity contribution in [3.05, 3.63) is 35.4 Å². The molecule has 2 nitrogen and oxygen atoms in total. The molecule has 4 rings (SSSR count). The Bertz CT molecular complexity index is 498. The van der Waals surface area contributed by atoms with Crippen LogP contribution in [0.3, 0.4) is 0 Å². The third-order valence-electron chi connectivity index (χ3n) is 6.00. The number of hydrogen-bond acceptors (Lipinski definition) is 2. The van der Waals surface area contributed by atoms with E-state index >= 15 is 0 Å². The van der Waals surface area contributed by atoms with E-state index in [4.69, 9.17) is 4.74 Å². The van der Waals surface area contributed by atoms with Gasteiger partial charge < -0.3 is 9.84 Å². The molecular weight excluding hydrogens is 236 g/mol. The third-order valence-corrected chi connectivity index (χ3v) is 6.00. The molecule has 1 heterocycles. The average Bonchev–Trinajstić information content (AvgIpc) is 2.83. The highest BCUT2D eigenvalue weighted by atomic mass is 16.5. The standard InChI is InChI=1S/C17H22O2/c18-12-15-14-6-2-1-5-13(14)11-16-7-3-4-8-17(15,16)19-10-9-16/h1-2,5-6,15,18H,3-4,7-12H2/t15-,16+,17-/m1/s1. The predicted octanol–water partition coefficient (Wildman–Crippen LogP) is 3.04. The number of hydrogen-bond donors (Lipinski definition) is 1. The van der Waals surface area contributed by atoms with Crippen molar-refractivity contribution in [3.8, 4) is 0 Å². The van der Waals surface area contributed by atoms with Crippen molar-refractivity contribution in [3.63, 3.8) is 0 Å². The van der Waals surface area contributed by atoms with Gasteiger partial charge in [0.25, 0.3) is 0 Å². The van der Waals surface area contributed by atoms with E-state index in [-0.39, 0.29) is 18.1 Å². The Labute approximate surface area is 114 Å². The van der Waals surface area contributed by atoms with Crippen molar-refractivity contribution < 1.29 is 9.84 Å². The van der Waals surface area contributed by atoms with Gasteiger partial charge in [-0.3, -0.25) is 0 Å². The average molecular weight is 258 g/mol. The second-order valence-electron chi connectivity index (χ2n) is 6.59. The monoisotopic (exact) mass is 258 g/mol. The van der Waals surface area contributed by atoms with E-state index in [9.17, 15) is 5.11 Å². The molecule has 2 aliphatic carbocycles. The van der Waals surface area contributed by atoms with Crippen molar-refractivity contribution in [1.29, 1.82) is 0 Å². The van der Waals surface area contributed by atoms with E-state index in [1.807, 2.05) is 0 Å². The van der Waals surface area contributed by atoms with Crippen molar-refractivity contribution in [2.24, 2.45) is 5.41 Å². The van der Waals surface area contributed by atoms with Gasteiger partial charge in [-0.2, -0.15) is 0 Å². The zero-order valence-electron chi connectivity index (χ0n) is 11.4. The second kappa shape index (κ2) is 4.07. The maximum atomic E-state index is 10.0. The lowest BCUT2D eigenvalue weighted by Crippen LogP contribution is -2.56. The second-order valence-corrected chi connectivity index (χ2v) is 6.59. The van der Waals surface area contributed by atoms with Crippen LogP contribution >= 0.6 is 0 Å². The summed E-state index contributed by atoms with van der Waals surface area (Å²) in [4.78, 5) is 0. The van der Waals surface area contributed by atoms with Gasteiger partial charge >= 0.3 is 0 Å². The van der Waals surface area contributed by atoms with Gasteiger partial charge in [-0.1, -0.05) is 37.1 Å². The van der Waals surface area contributed by atoms with Crippen LogP contribution in [0.5, 0.6) is 0 Å². The minimum absolute atomic E-state index is 0.0750. The van der Waals surface area contributed by atoms with E-state index in [1.165, 1.54) is 36.8 Å². The molecule has 0 unspecified atom stereocenters. The zero-order chi connectivity index (χ0) is 12.9. The van der Waals surface area contributed by atoms with Gasteiger partial charge in [-0.25, -0.2) is 0 Å². The molecule has 1 aromatic rings. The molecule has 0 radical (unpaired) electrons. The Morgan fingerprint density at radius 1 is 1.16 bits per heavy atom. The molecule has 1 aromatic carbocycles. The van der Waals surface area contributed by atoms with Crippen LogP contribution in [0, 0.1) is 5.41 Å². The molecular formula is C17H22O2. The molecule has 102 valence electrons. The van der Waals surface area contributed by atoms with E-state index in [0.29, 0.717) is 5.41 Å². The van der Waals surface area contributed by atoms with Gasteiger partial charge in [0, 0.05) is 17.9 Å². The fourth-order valence-corrected chi connectivity index (χ4v) is 5.19. The highest BCUT2D eigenvalue weighted by Gasteiger charge is 2.63. The Morgan fingerprint density at radius 2 is 2.00 bits per heavy atom. The summed E-state index contributed by atoms with van der Waals surface area (Å²) in [7, 11) is 0. The summed E-state index contributed by atoms with van der Waals surface area (Å²) in [6.45, 7) is 1.10. The SMILES string of the molecule is OC[C@@H]1c2ccccc2C[C@@]23CCCC[C@@]12OCC3. The minimum Gasteiger partial charge on any atom is -0.396 e. The molecule has 3 aliphatic rings. The highest BCUT2D eigenvalue weighted by molar-refractivity contribution is 5.40. The van der Waals surface area contributed by atoms with Gasteiger partial charge in [0.05, 0.1) is 12.2 Å². The molecule has 19 heavy (non-hydrogen) atoms. The van der Waals surface area contributed by atoms with Crippen LogP contribution in [-0.2, 0) is 11.2 Å². The van der Waals surface area contributed by atoms with Crippen LogP contribution in [-0.4, -0.2) is 23.9 Å². The molecule has 3 atom stereocenters. The quantitative estimate of drug-likeness (QED) is 0.839. The van der Waals surface area contributed by atoms with E-state index in [2.05, 4.69) is 24.3 Å². The summed E-state index contributed by atoms with van der Waals surface area (Å²) in [5.74, 6) is 0.181. The van der Waals surface area contributed by atoms with Gasteiger partial charge in [0.15, 0.2) is 0 Å². The number of ether oxygens (including phenoxy) is 1. The number of benzene rings is 1. The fourth-order valence-electron chi connectivity index (χ4n) is 5.19. The number of rotatable bonds is 1. The summed E-state index contributed by atoms with van der Waals surface area (Å²) < 4.78 is 6.34. The van der Waals surface area contributed by atoms with Gasteiger partial charge in [0.2, 0.25) is 0 Å². The Balaban J connectivity index is 1.91. The van der Waals surface area contributed by atoms with Crippen molar-refractivity contribution in [1.82, 2.24) is 0 Å². The lowest BCUT2D eigenvalue weighted by molar-refractivity contribution is -0.125. The van der Waals surface area contributed by atoms with E-state index in [0.717, 1.165) is 19.4 Å². The van der Waals surface area contributed by atoms with Crippen LogP contribution in [0.2, 0.25) is 0 Å². The first kappa shape index (κ1) is 11.9. The van der Waals surface area contributed by atoms with Gasteiger partial charge in [-0.15, -0.1) is 0 Å². The summed E-state index contributed by atoms with van der Waals surface area (Å²) in [6, 6.07) is 8.69. The molecule has 1 saturated carbocycles. The Hall–Kier alpha value is -0.860. The highest BCUT2D eigenvalue weighted by Crippen LogP contribution is 2.63. The van der Waals surface area contributed by atoms with Gasteiger partial charge in [-0.05, 0) is 36.8 Å². The van der Waals surface area contributed by atoms with Crippen LogP contribution < -0.4 is 0 Å². The number of aliphatic hydroxyl groups is 1. The van der Waals surface area contributed by atoms with Gasteiger partial charge in [0.1, 0.15) is 0 Å². The summed E-state index contributed by atoms with van der Waals surface area (Å²) in [5, 5.41) is 10.0. The molecule has 2 heteroatoms. The number of aliphatic hydroxyl groups excluding tert-OH is 1. The van der Waals surface area contributed by atoms with E-state index in [1.54, 1.807) is 0 Å². The summed E-state index contributed by atoms with van der Waals surface area (Å²) >= 11 is 0. The third kappa shape index (κ3) is 1.39. The first-order valence-electron chi connectivity index (χ1n) is 7.64. The topological polar surface area (TPSA) is 29.5 Å². The van der Waals surface area contributed by atoms with Crippen LogP contribution in [0.15, 0.2) is 24.3 Å². The molecule has 0 amide bonds. The summed E-state index contributed by atoms with van der Waals surface area (Å²) in [5.41, 5.74) is 3.01. The van der Waals surface area contributed by atoms with Crippen LogP contribution in [0.25, 0.3) is 0 Å². The van der Waals surface area contributed by atoms with Crippen molar-refractivity contribution in [2.75, 3.05) is 13.2 Å². The van der Waals surface area contributed by atoms with Crippen LogP contribution in [0.1, 0.15) is 49.1 Å².